The Hall–Kier alpha value is -4.15. The predicted molar refractivity (Wildman–Crippen MR) is 122 cm³/mol. The van der Waals surface area contributed by atoms with Crippen molar-refractivity contribution in [2.45, 2.75) is 5.92 Å². The number of esters is 1. The van der Waals surface area contributed by atoms with Crippen LogP contribution in [0.4, 0.5) is 0 Å². The molecular formula is C25H19ClN2O5. The monoisotopic (exact) mass is 462 g/mol. The smallest absolute Gasteiger partial charge is 0.343 e. The molecule has 7 nitrogen and oxygen atoms in total. The molecule has 4 rings (SSSR count). The molecule has 1 aliphatic heterocycles. The van der Waals surface area contributed by atoms with E-state index in [0.29, 0.717) is 39.0 Å². The number of benzene rings is 3. The van der Waals surface area contributed by atoms with Gasteiger partial charge in [-0.05, 0) is 30.3 Å². The lowest BCUT2D eigenvalue weighted by Crippen LogP contribution is -2.21. The maximum atomic E-state index is 12.5. The normalized spacial score (nSPS) is 14.5. The van der Waals surface area contributed by atoms with Crippen LogP contribution in [0.2, 0.25) is 5.02 Å². The predicted octanol–water partition coefficient (Wildman–Crippen LogP) is 4.79. The third-order valence-corrected chi connectivity index (χ3v) is 5.45. The van der Waals surface area contributed by atoms with E-state index in [0.717, 1.165) is 0 Å². The van der Waals surface area contributed by atoms with Crippen molar-refractivity contribution in [1.82, 2.24) is 0 Å². The zero-order valence-electron chi connectivity index (χ0n) is 17.8. The Kier molecular flexibility index (Phi) is 6.11. The number of halogens is 1. The van der Waals surface area contributed by atoms with E-state index < -0.39 is 11.9 Å². The largest absolute Gasteiger partial charge is 0.497 e. The number of methoxy groups -OCH3 is 2. The maximum absolute atomic E-state index is 12.5. The molecule has 0 aromatic heterocycles. The quantitative estimate of drug-likeness (QED) is 0.429. The Morgan fingerprint density at radius 2 is 1.79 bits per heavy atom. The second kappa shape index (κ2) is 9.15. The molecule has 0 radical (unpaired) electrons. The highest BCUT2D eigenvalue weighted by Gasteiger charge is 2.33. The van der Waals surface area contributed by atoms with Crippen LogP contribution >= 0.6 is 11.6 Å². The molecule has 3 aromatic carbocycles. The van der Waals surface area contributed by atoms with E-state index in [4.69, 9.17) is 36.3 Å². The van der Waals surface area contributed by atoms with Gasteiger partial charge in [0.15, 0.2) is 0 Å². The molecular weight excluding hydrogens is 444 g/mol. The lowest BCUT2D eigenvalue weighted by atomic mass is 9.83. The summed E-state index contributed by atoms with van der Waals surface area (Å²) in [5, 5.41) is 10.2. The van der Waals surface area contributed by atoms with Crippen LogP contribution in [-0.4, -0.2) is 20.2 Å². The van der Waals surface area contributed by atoms with Gasteiger partial charge in [-0.3, -0.25) is 0 Å². The molecule has 0 aliphatic carbocycles. The Morgan fingerprint density at radius 3 is 2.48 bits per heavy atom. The van der Waals surface area contributed by atoms with Crippen molar-refractivity contribution in [2.24, 2.45) is 5.73 Å². The molecule has 3 aromatic rings. The Bertz CT molecular complexity index is 1310. The fraction of sp³-hybridized carbons (Fsp3) is 0.120. The van der Waals surface area contributed by atoms with Crippen LogP contribution in [0, 0.1) is 11.3 Å². The Balaban J connectivity index is 1.73. The molecule has 1 atom stereocenters. The van der Waals surface area contributed by atoms with Gasteiger partial charge in [-0.25, -0.2) is 4.79 Å². The highest BCUT2D eigenvalue weighted by atomic mass is 35.5. The fourth-order valence-corrected chi connectivity index (χ4v) is 3.85. The summed E-state index contributed by atoms with van der Waals surface area (Å²) >= 11 is 5.96. The molecule has 33 heavy (non-hydrogen) atoms. The molecule has 0 amide bonds. The van der Waals surface area contributed by atoms with Gasteiger partial charge in [-0.2, -0.15) is 5.26 Å². The zero-order valence-corrected chi connectivity index (χ0v) is 18.6. The minimum atomic E-state index is -0.567. The van der Waals surface area contributed by atoms with Gasteiger partial charge in [0.25, 0.3) is 0 Å². The van der Waals surface area contributed by atoms with Gasteiger partial charge < -0.3 is 24.7 Å². The van der Waals surface area contributed by atoms with Crippen molar-refractivity contribution in [2.75, 3.05) is 14.2 Å². The number of carbonyl (C=O) groups is 1. The van der Waals surface area contributed by atoms with Crippen molar-refractivity contribution in [1.29, 1.82) is 5.26 Å². The number of carbonyl (C=O) groups excluding carboxylic acids is 1. The van der Waals surface area contributed by atoms with Crippen LogP contribution in [-0.2, 0) is 0 Å². The van der Waals surface area contributed by atoms with Crippen molar-refractivity contribution < 1.29 is 23.7 Å². The molecule has 2 N–H and O–H groups in total. The van der Waals surface area contributed by atoms with E-state index in [-0.39, 0.29) is 17.2 Å². The number of hydrogen-bond acceptors (Lipinski definition) is 7. The molecule has 0 spiro atoms. The first-order valence-corrected chi connectivity index (χ1v) is 10.2. The first-order valence-electron chi connectivity index (χ1n) is 9.86. The molecule has 166 valence electrons. The average Bonchev–Trinajstić information content (AvgIpc) is 2.82. The summed E-state index contributed by atoms with van der Waals surface area (Å²) in [4.78, 5) is 12.5. The van der Waals surface area contributed by atoms with E-state index in [1.165, 1.54) is 13.2 Å². The summed E-state index contributed by atoms with van der Waals surface area (Å²) in [6.07, 6.45) is 0. The fourth-order valence-electron chi connectivity index (χ4n) is 3.66. The third-order valence-electron chi connectivity index (χ3n) is 5.21. The highest BCUT2D eigenvalue weighted by Crippen LogP contribution is 2.46. The van der Waals surface area contributed by atoms with E-state index in [1.54, 1.807) is 55.6 Å². The van der Waals surface area contributed by atoms with Crippen LogP contribution in [0.25, 0.3) is 0 Å². The summed E-state index contributed by atoms with van der Waals surface area (Å²) in [5.41, 5.74) is 8.03. The van der Waals surface area contributed by atoms with Crippen molar-refractivity contribution in [3.05, 3.63) is 93.8 Å². The van der Waals surface area contributed by atoms with Crippen molar-refractivity contribution in [3.63, 3.8) is 0 Å². The SMILES string of the molecule is COc1ccc(C2C(C#N)=C(N)Oc3cc(OC(=O)c4cccc(Cl)c4)ccc32)c(OC)c1. The number of nitrogens with two attached hydrogens (primary N) is 1. The maximum Gasteiger partial charge on any atom is 0.343 e. The van der Waals surface area contributed by atoms with E-state index in [1.807, 2.05) is 6.07 Å². The molecule has 0 saturated heterocycles. The number of rotatable bonds is 5. The third kappa shape index (κ3) is 4.29. The Morgan fingerprint density at radius 1 is 1.03 bits per heavy atom. The second-order valence-corrected chi connectivity index (χ2v) is 7.57. The van der Waals surface area contributed by atoms with Crippen LogP contribution in [0.5, 0.6) is 23.0 Å². The summed E-state index contributed by atoms with van der Waals surface area (Å²) in [7, 11) is 3.10. The molecule has 1 unspecified atom stereocenters. The lowest BCUT2D eigenvalue weighted by molar-refractivity contribution is 0.0734. The molecule has 0 bridgehead atoms. The van der Waals surface area contributed by atoms with Gasteiger partial charge in [-0.15, -0.1) is 0 Å². The number of hydrogen-bond donors (Lipinski definition) is 1. The number of ether oxygens (including phenoxy) is 4. The van der Waals surface area contributed by atoms with Crippen LogP contribution in [0.1, 0.15) is 27.4 Å². The average molecular weight is 463 g/mol. The molecule has 0 fully saturated rings. The first-order chi connectivity index (χ1) is 15.9. The van der Waals surface area contributed by atoms with Crippen molar-refractivity contribution in [3.8, 4) is 29.1 Å². The number of fused-ring (bicyclic) bond motifs is 1. The molecule has 0 saturated carbocycles. The minimum absolute atomic E-state index is 0.0359. The summed E-state index contributed by atoms with van der Waals surface area (Å²) in [6.45, 7) is 0. The first kappa shape index (κ1) is 22.1. The van der Waals surface area contributed by atoms with Crippen molar-refractivity contribution >= 4 is 17.6 Å². The number of nitrogens with zero attached hydrogens (tertiary/aromatic N) is 1. The second-order valence-electron chi connectivity index (χ2n) is 7.13. The minimum Gasteiger partial charge on any atom is -0.497 e. The van der Waals surface area contributed by atoms with Gasteiger partial charge >= 0.3 is 5.97 Å². The topological polar surface area (TPSA) is 104 Å². The van der Waals surface area contributed by atoms with Gasteiger partial charge in [0.1, 0.15) is 34.6 Å². The number of allylic oxidation sites excluding steroid dienone is 1. The van der Waals surface area contributed by atoms with Crippen LogP contribution < -0.4 is 24.7 Å². The molecule has 1 heterocycles. The standard InChI is InChI=1S/C25H19ClN2O5/c1-30-16-6-8-18(21(11-16)31-2)23-19-9-7-17(12-22(19)33-24(28)20(23)13-27)32-25(29)14-4-3-5-15(26)10-14/h3-12,23H,28H2,1-2H3. The molecule has 1 aliphatic rings. The zero-order chi connectivity index (χ0) is 23.5. The van der Waals surface area contributed by atoms with Gasteiger partial charge in [0, 0.05) is 28.3 Å². The van der Waals surface area contributed by atoms with Gasteiger partial charge in [-0.1, -0.05) is 29.8 Å². The lowest BCUT2D eigenvalue weighted by Gasteiger charge is -2.27. The van der Waals surface area contributed by atoms with E-state index >= 15 is 0 Å². The van der Waals surface area contributed by atoms with E-state index in [2.05, 4.69) is 6.07 Å². The van der Waals surface area contributed by atoms with Crippen LogP contribution in [0.15, 0.2) is 72.1 Å². The summed E-state index contributed by atoms with van der Waals surface area (Å²) in [5.74, 6) is 0.621. The highest BCUT2D eigenvalue weighted by molar-refractivity contribution is 6.30. The van der Waals surface area contributed by atoms with Crippen LogP contribution in [0.3, 0.4) is 0 Å². The van der Waals surface area contributed by atoms with Gasteiger partial charge in [0.05, 0.1) is 25.7 Å². The Labute approximate surface area is 195 Å². The summed E-state index contributed by atoms with van der Waals surface area (Å²) in [6, 6.07) is 18.8. The molecule has 8 heteroatoms. The number of nitriles is 1. The summed E-state index contributed by atoms with van der Waals surface area (Å²) < 4.78 is 22.0. The van der Waals surface area contributed by atoms with Gasteiger partial charge in [0.2, 0.25) is 5.88 Å². The van der Waals surface area contributed by atoms with E-state index in [9.17, 15) is 10.1 Å².